The predicted molar refractivity (Wildman–Crippen MR) is 97.5 cm³/mol. The topological polar surface area (TPSA) is 79.8 Å². The fourth-order valence-corrected chi connectivity index (χ4v) is 2.70. The molecule has 25 heavy (non-hydrogen) atoms. The number of hydrogen-bond acceptors (Lipinski definition) is 4. The molecule has 6 heteroatoms. The molecule has 0 aliphatic heterocycles. The number of hydrazone groups is 1. The van der Waals surface area contributed by atoms with Gasteiger partial charge in [-0.3, -0.25) is 9.59 Å². The number of carbonyl (C=O) groups excluding carboxylic acids is 2. The van der Waals surface area contributed by atoms with Crippen LogP contribution in [0.15, 0.2) is 42.0 Å². The average Bonchev–Trinajstić information content (AvgIpc) is 2.61. The molecule has 1 aromatic rings. The highest BCUT2D eigenvalue weighted by molar-refractivity contribution is 5.97. The van der Waals surface area contributed by atoms with E-state index in [4.69, 9.17) is 4.74 Å². The van der Waals surface area contributed by atoms with Crippen molar-refractivity contribution < 1.29 is 14.3 Å². The summed E-state index contributed by atoms with van der Waals surface area (Å²) in [6, 6.07) is 7.47. The zero-order valence-corrected chi connectivity index (χ0v) is 14.4. The fraction of sp³-hybridized carbons (Fsp3) is 0.421. The molecule has 0 saturated heterocycles. The van der Waals surface area contributed by atoms with Crippen LogP contribution in [0.5, 0.6) is 5.75 Å². The Kier molecular flexibility index (Phi) is 7.69. The minimum atomic E-state index is -0.421. The van der Waals surface area contributed by atoms with E-state index in [9.17, 15) is 9.59 Å². The molecule has 0 atom stereocenters. The number of nitrogens with one attached hydrogen (secondary N) is 2. The summed E-state index contributed by atoms with van der Waals surface area (Å²) < 4.78 is 5.38. The number of hydrogen-bond donors (Lipinski definition) is 2. The van der Waals surface area contributed by atoms with Gasteiger partial charge in [0.2, 0.25) is 11.8 Å². The molecule has 0 aromatic heterocycles. The van der Waals surface area contributed by atoms with Crippen molar-refractivity contribution in [3.8, 4) is 5.75 Å². The maximum atomic E-state index is 11.8. The van der Waals surface area contributed by atoms with Crippen molar-refractivity contribution in [1.29, 1.82) is 0 Å². The summed E-state index contributed by atoms with van der Waals surface area (Å²) in [5.74, 6) is 0.0688. The Hall–Kier alpha value is -2.63. The lowest BCUT2D eigenvalue weighted by Crippen LogP contribution is -2.38. The molecule has 0 unspecified atom stereocenters. The van der Waals surface area contributed by atoms with Gasteiger partial charge in [0, 0.05) is 6.04 Å². The van der Waals surface area contributed by atoms with E-state index in [0.29, 0.717) is 6.61 Å². The van der Waals surface area contributed by atoms with Crippen LogP contribution in [0, 0.1) is 0 Å². The Bertz CT molecular complexity index is 605. The van der Waals surface area contributed by atoms with Crippen molar-refractivity contribution in [1.82, 2.24) is 10.7 Å². The number of nitrogens with zero attached hydrogens (tertiary/aromatic N) is 1. The van der Waals surface area contributed by atoms with Crippen LogP contribution >= 0.6 is 0 Å². The number of carbonyl (C=O) groups is 2. The van der Waals surface area contributed by atoms with Gasteiger partial charge in [-0.05, 0) is 42.7 Å². The Morgan fingerprint density at radius 1 is 1.16 bits per heavy atom. The van der Waals surface area contributed by atoms with Crippen molar-refractivity contribution in [2.45, 2.75) is 44.6 Å². The van der Waals surface area contributed by atoms with Crippen LogP contribution in [0.3, 0.4) is 0 Å². The molecule has 1 aromatic carbocycles. The lowest BCUT2D eigenvalue weighted by Gasteiger charge is -2.22. The van der Waals surface area contributed by atoms with Crippen molar-refractivity contribution in [3.05, 3.63) is 42.5 Å². The summed E-state index contributed by atoms with van der Waals surface area (Å²) in [6.45, 7) is 4.04. The van der Waals surface area contributed by atoms with Crippen molar-refractivity contribution in [2.75, 3.05) is 6.61 Å². The second kappa shape index (κ2) is 10.3. The molecule has 1 aliphatic rings. The highest BCUT2D eigenvalue weighted by atomic mass is 16.5. The zero-order chi connectivity index (χ0) is 17.9. The van der Waals surface area contributed by atoms with Crippen LogP contribution in [0.2, 0.25) is 0 Å². The van der Waals surface area contributed by atoms with Crippen LogP contribution in [-0.4, -0.2) is 30.7 Å². The van der Waals surface area contributed by atoms with Gasteiger partial charge in [-0.1, -0.05) is 31.9 Å². The maximum Gasteiger partial charge on any atom is 0.249 e. The van der Waals surface area contributed by atoms with Crippen molar-refractivity contribution >= 4 is 18.0 Å². The Morgan fingerprint density at radius 2 is 1.88 bits per heavy atom. The third-order valence-electron chi connectivity index (χ3n) is 3.94. The molecule has 0 radical (unpaired) electrons. The highest BCUT2D eigenvalue weighted by Crippen LogP contribution is 2.17. The monoisotopic (exact) mass is 343 g/mol. The van der Waals surface area contributed by atoms with Crippen LogP contribution in [0.25, 0.3) is 0 Å². The van der Waals surface area contributed by atoms with E-state index in [2.05, 4.69) is 22.4 Å². The fourth-order valence-electron chi connectivity index (χ4n) is 2.70. The molecule has 0 spiro atoms. The number of amides is 2. The molecular formula is C19H25N3O3. The van der Waals surface area contributed by atoms with E-state index in [0.717, 1.165) is 37.0 Å². The minimum absolute atomic E-state index is 0.206. The van der Waals surface area contributed by atoms with Crippen LogP contribution in [0.4, 0.5) is 0 Å². The molecular weight excluding hydrogens is 318 g/mol. The standard InChI is InChI=1S/C19H25N3O3/c1-2-12-25-17-10-8-15(9-11-17)14-20-22-19(24)13-18(23)21-16-6-4-3-5-7-16/h2,8-11,14,16H,1,3-7,12-13H2,(H,21,23)(H,22,24)/b20-14+. The summed E-state index contributed by atoms with van der Waals surface area (Å²) in [6.07, 6.45) is 8.49. The first-order valence-electron chi connectivity index (χ1n) is 8.62. The first-order valence-corrected chi connectivity index (χ1v) is 8.62. The van der Waals surface area contributed by atoms with E-state index in [1.165, 1.54) is 12.6 Å². The quantitative estimate of drug-likeness (QED) is 0.329. The number of benzene rings is 1. The summed E-state index contributed by atoms with van der Waals surface area (Å²) in [7, 11) is 0. The number of rotatable bonds is 8. The van der Waals surface area contributed by atoms with Gasteiger partial charge < -0.3 is 10.1 Å². The Morgan fingerprint density at radius 3 is 2.56 bits per heavy atom. The van der Waals surface area contributed by atoms with Gasteiger partial charge >= 0.3 is 0 Å². The lowest BCUT2D eigenvalue weighted by atomic mass is 9.95. The summed E-state index contributed by atoms with van der Waals surface area (Å²) in [5.41, 5.74) is 3.19. The molecule has 2 rings (SSSR count). The van der Waals surface area contributed by atoms with Gasteiger partial charge in [0.1, 0.15) is 18.8 Å². The summed E-state index contributed by atoms with van der Waals surface area (Å²) in [5, 5.41) is 6.78. The average molecular weight is 343 g/mol. The molecule has 0 bridgehead atoms. The van der Waals surface area contributed by atoms with Gasteiger partial charge in [0.15, 0.2) is 0 Å². The third-order valence-corrected chi connectivity index (χ3v) is 3.94. The SMILES string of the molecule is C=CCOc1ccc(/C=N/NC(=O)CC(=O)NC2CCCCC2)cc1. The lowest BCUT2D eigenvalue weighted by molar-refractivity contribution is -0.129. The van der Waals surface area contributed by atoms with E-state index in [-0.39, 0.29) is 18.4 Å². The van der Waals surface area contributed by atoms with E-state index < -0.39 is 5.91 Å². The molecule has 134 valence electrons. The predicted octanol–water partition coefficient (Wildman–Crippen LogP) is 2.54. The minimum Gasteiger partial charge on any atom is -0.490 e. The maximum absolute atomic E-state index is 11.8. The number of ether oxygens (including phenoxy) is 1. The smallest absolute Gasteiger partial charge is 0.249 e. The molecule has 0 heterocycles. The molecule has 6 nitrogen and oxygen atoms in total. The highest BCUT2D eigenvalue weighted by Gasteiger charge is 2.17. The Balaban J connectivity index is 1.70. The second-order valence-electron chi connectivity index (χ2n) is 6.04. The van der Waals surface area contributed by atoms with Gasteiger partial charge in [0.05, 0.1) is 6.21 Å². The largest absolute Gasteiger partial charge is 0.490 e. The van der Waals surface area contributed by atoms with Crippen molar-refractivity contribution in [3.63, 3.8) is 0 Å². The van der Waals surface area contributed by atoms with Crippen LogP contribution in [0.1, 0.15) is 44.1 Å². The van der Waals surface area contributed by atoms with Gasteiger partial charge in [-0.15, -0.1) is 0 Å². The normalized spacial score (nSPS) is 14.9. The van der Waals surface area contributed by atoms with E-state index in [1.54, 1.807) is 6.08 Å². The molecule has 1 saturated carbocycles. The zero-order valence-electron chi connectivity index (χ0n) is 14.4. The first-order chi connectivity index (χ1) is 12.2. The molecule has 2 amide bonds. The first kappa shape index (κ1) is 18.7. The summed E-state index contributed by atoms with van der Waals surface area (Å²) >= 11 is 0. The van der Waals surface area contributed by atoms with Gasteiger partial charge in [0.25, 0.3) is 0 Å². The Labute approximate surface area is 148 Å². The molecule has 1 aliphatic carbocycles. The van der Waals surface area contributed by atoms with Gasteiger partial charge in [-0.2, -0.15) is 5.10 Å². The molecule has 1 fully saturated rings. The van der Waals surface area contributed by atoms with Crippen molar-refractivity contribution in [2.24, 2.45) is 5.10 Å². The molecule has 2 N–H and O–H groups in total. The van der Waals surface area contributed by atoms with Crippen LogP contribution < -0.4 is 15.5 Å². The third kappa shape index (κ3) is 7.20. The van der Waals surface area contributed by atoms with E-state index in [1.807, 2.05) is 24.3 Å². The van der Waals surface area contributed by atoms with Crippen LogP contribution in [-0.2, 0) is 9.59 Å². The summed E-state index contributed by atoms with van der Waals surface area (Å²) in [4.78, 5) is 23.6. The van der Waals surface area contributed by atoms with E-state index >= 15 is 0 Å². The second-order valence-corrected chi connectivity index (χ2v) is 6.04. The van der Waals surface area contributed by atoms with Gasteiger partial charge in [-0.25, -0.2) is 5.43 Å².